The number of carbonyl (C=O) groups excluding carboxylic acids is 2. The summed E-state index contributed by atoms with van der Waals surface area (Å²) in [5.41, 5.74) is 2.69. The standard InChI is InChI=1S/C23H24N2O5/c1-16-10-17(2)12-21(11-16)29-15-22(26)30-20-6-4-18(5-7-20)13-19(14-24)23(27)25-8-9-28-3/h4-7,10-13H,8-9,15H2,1-3H3,(H,25,27)/b19-13+. The molecule has 0 heterocycles. The number of nitrogens with one attached hydrogen (secondary N) is 1. The third kappa shape index (κ3) is 7.41. The van der Waals surface area contributed by atoms with E-state index in [0.717, 1.165) is 11.1 Å². The summed E-state index contributed by atoms with van der Waals surface area (Å²) in [6.07, 6.45) is 1.46. The molecule has 30 heavy (non-hydrogen) atoms. The SMILES string of the molecule is COCCNC(=O)/C(C#N)=C/c1ccc(OC(=O)COc2cc(C)cc(C)c2)cc1. The Morgan fingerprint density at radius 1 is 1.07 bits per heavy atom. The summed E-state index contributed by atoms with van der Waals surface area (Å²) in [6, 6.07) is 14.0. The van der Waals surface area contributed by atoms with Gasteiger partial charge in [-0.25, -0.2) is 4.79 Å². The Kier molecular flexibility index (Phi) is 8.60. The van der Waals surface area contributed by atoms with Crippen LogP contribution in [0.25, 0.3) is 6.08 Å². The van der Waals surface area contributed by atoms with E-state index in [1.54, 1.807) is 24.3 Å². The number of ether oxygens (including phenoxy) is 3. The van der Waals surface area contributed by atoms with Gasteiger partial charge in [-0.15, -0.1) is 0 Å². The summed E-state index contributed by atoms with van der Waals surface area (Å²) in [5, 5.41) is 11.8. The van der Waals surface area contributed by atoms with Gasteiger partial charge in [-0.2, -0.15) is 5.26 Å². The molecule has 0 fully saturated rings. The van der Waals surface area contributed by atoms with Gasteiger partial charge in [0, 0.05) is 13.7 Å². The number of esters is 1. The number of nitriles is 1. The molecule has 156 valence electrons. The molecule has 0 aliphatic heterocycles. The smallest absolute Gasteiger partial charge is 0.349 e. The molecule has 0 aliphatic rings. The van der Waals surface area contributed by atoms with Crippen molar-refractivity contribution in [3.8, 4) is 17.6 Å². The summed E-state index contributed by atoms with van der Waals surface area (Å²) in [6.45, 7) is 4.36. The number of amides is 1. The van der Waals surface area contributed by atoms with Crippen molar-refractivity contribution in [2.45, 2.75) is 13.8 Å². The second-order valence-electron chi connectivity index (χ2n) is 6.57. The van der Waals surface area contributed by atoms with Crippen LogP contribution in [0, 0.1) is 25.2 Å². The first-order chi connectivity index (χ1) is 14.4. The number of carbonyl (C=O) groups is 2. The molecular formula is C23H24N2O5. The zero-order valence-corrected chi connectivity index (χ0v) is 17.2. The quantitative estimate of drug-likeness (QED) is 0.225. The van der Waals surface area contributed by atoms with Gasteiger partial charge in [0.25, 0.3) is 5.91 Å². The van der Waals surface area contributed by atoms with Crippen LogP contribution in [0.3, 0.4) is 0 Å². The second-order valence-corrected chi connectivity index (χ2v) is 6.57. The van der Waals surface area contributed by atoms with Crippen LogP contribution in [-0.4, -0.2) is 38.7 Å². The molecule has 2 aromatic rings. The number of benzene rings is 2. The highest BCUT2D eigenvalue weighted by Crippen LogP contribution is 2.17. The molecule has 0 aromatic heterocycles. The Balaban J connectivity index is 1.92. The van der Waals surface area contributed by atoms with Gasteiger partial charge < -0.3 is 19.5 Å². The van der Waals surface area contributed by atoms with Crippen LogP contribution < -0.4 is 14.8 Å². The molecule has 2 aromatic carbocycles. The van der Waals surface area contributed by atoms with Gasteiger partial charge in [0.2, 0.25) is 0 Å². The topological polar surface area (TPSA) is 97.6 Å². The van der Waals surface area contributed by atoms with Crippen LogP contribution in [0.4, 0.5) is 0 Å². The minimum atomic E-state index is -0.535. The van der Waals surface area contributed by atoms with Crippen LogP contribution >= 0.6 is 0 Å². The van der Waals surface area contributed by atoms with Crippen LogP contribution in [0.15, 0.2) is 48.0 Å². The van der Waals surface area contributed by atoms with Gasteiger partial charge in [-0.3, -0.25) is 4.79 Å². The molecule has 0 radical (unpaired) electrons. The molecular weight excluding hydrogens is 384 g/mol. The molecule has 7 nitrogen and oxygen atoms in total. The largest absolute Gasteiger partial charge is 0.482 e. The molecule has 0 atom stereocenters. The van der Waals surface area contributed by atoms with Crippen molar-refractivity contribution in [2.75, 3.05) is 26.9 Å². The fourth-order valence-corrected chi connectivity index (χ4v) is 2.63. The maximum Gasteiger partial charge on any atom is 0.349 e. The molecule has 2 rings (SSSR count). The lowest BCUT2D eigenvalue weighted by molar-refractivity contribution is -0.136. The van der Waals surface area contributed by atoms with Gasteiger partial charge in [0.1, 0.15) is 23.1 Å². The predicted molar refractivity (Wildman–Crippen MR) is 112 cm³/mol. The van der Waals surface area contributed by atoms with Gasteiger partial charge >= 0.3 is 5.97 Å². The molecule has 1 amide bonds. The number of hydrogen-bond donors (Lipinski definition) is 1. The zero-order chi connectivity index (χ0) is 21.9. The monoisotopic (exact) mass is 408 g/mol. The maximum atomic E-state index is 12.0. The lowest BCUT2D eigenvalue weighted by Gasteiger charge is -2.08. The molecule has 0 aliphatic carbocycles. The van der Waals surface area contributed by atoms with Crippen molar-refractivity contribution < 1.29 is 23.8 Å². The number of rotatable bonds is 9. The lowest BCUT2D eigenvalue weighted by Crippen LogP contribution is -2.27. The highest BCUT2D eigenvalue weighted by Gasteiger charge is 2.09. The van der Waals surface area contributed by atoms with Crippen LogP contribution in [0.2, 0.25) is 0 Å². The first-order valence-electron chi connectivity index (χ1n) is 9.32. The van der Waals surface area contributed by atoms with Crippen molar-refractivity contribution in [3.05, 3.63) is 64.7 Å². The van der Waals surface area contributed by atoms with Crippen molar-refractivity contribution in [1.29, 1.82) is 5.26 Å². The Bertz CT molecular complexity index is 938. The Hall–Kier alpha value is -3.63. The molecule has 0 bridgehead atoms. The molecule has 1 N–H and O–H groups in total. The van der Waals surface area contributed by atoms with Gasteiger partial charge in [-0.05, 0) is 60.9 Å². The van der Waals surface area contributed by atoms with E-state index in [9.17, 15) is 14.9 Å². The fraction of sp³-hybridized carbons (Fsp3) is 0.261. The van der Waals surface area contributed by atoms with Crippen LogP contribution in [-0.2, 0) is 14.3 Å². The van der Waals surface area contributed by atoms with E-state index in [0.29, 0.717) is 30.2 Å². The number of aryl methyl sites for hydroxylation is 2. The van der Waals surface area contributed by atoms with E-state index >= 15 is 0 Å². The minimum Gasteiger partial charge on any atom is -0.482 e. The van der Waals surface area contributed by atoms with Crippen molar-refractivity contribution in [1.82, 2.24) is 5.32 Å². The zero-order valence-electron chi connectivity index (χ0n) is 17.2. The second kappa shape index (κ2) is 11.4. The van der Waals surface area contributed by atoms with Gasteiger partial charge in [0.15, 0.2) is 6.61 Å². The summed E-state index contributed by atoms with van der Waals surface area (Å²) < 4.78 is 15.6. The van der Waals surface area contributed by atoms with E-state index < -0.39 is 11.9 Å². The van der Waals surface area contributed by atoms with E-state index in [4.69, 9.17) is 14.2 Å². The molecule has 0 unspecified atom stereocenters. The lowest BCUT2D eigenvalue weighted by atomic mass is 10.1. The van der Waals surface area contributed by atoms with Crippen LogP contribution in [0.1, 0.15) is 16.7 Å². The molecule has 0 spiro atoms. The third-order valence-corrected chi connectivity index (χ3v) is 3.93. The average molecular weight is 408 g/mol. The highest BCUT2D eigenvalue weighted by molar-refractivity contribution is 6.01. The number of hydrogen-bond acceptors (Lipinski definition) is 6. The highest BCUT2D eigenvalue weighted by atomic mass is 16.6. The van der Waals surface area contributed by atoms with Crippen molar-refractivity contribution in [3.63, 3.8) is 0 Å². The fourth-order valence-electron chi connectivity index (χ4n) is 2.63. The summed E-state index contributed by atoms with van der Waals surface area (Å²) >= 11 is 0. The first kappa shape index (κ1) is 22.7. The Morgan fingerprint density at radius 3 is 2.33 bits per heavy atom. The normalized spacial score (nSPS) is 10.8. The van der Waals surface area contributed by atoms with Crippen molar-refractivity contribution >= 4 is 18.0 Å². The Morgan fingerprint density at radius 2 is 1.73 bits per heavy atom. The van der Waals surface area contributed by atoms with E-state index in [1.165, 1.54) is 13.2 Å². The predicted octanol–water partition coefficient (Wildman–Crippen LogP) is 2.96. The first-order valence-corrected chi connectivity index (χ1v) is 9.32. The minimum absolute atomic E-state index is 0.0299. The van der Waals surface area contributed by atoms with Crippen molar-refractivity contribution in [2.24, 2.45) is 0 Å². The summed E-state index contributed by atoms with van der Waals surface area (Å²) in [4.78, 5) is 24.0. The summed E-state index contributed by atoms with van der Waals surface area (Å²) in [5.74, 6) is -0.0664. The van der Waals surface area contributed by atoms with E-state index in [-0.39, 0.29) is 12.2 Å². The Labute approximate surface area is 175 Å². The maximum absolute atomic E-state index is 12.0. The van der Waals surface area contributed by atoms with Gasteiger partial charge in [-0.1, -0.05) is 18.2 Å². The van der Waals surface area contributed by atoms with Crippen LogP contribution in [0.5, 0.6) is 11.5 Å². The number of methoxy groups -OCH3 is 1. The molecule has 7 heteroatoms. The third-order valence-electron chi connectivity index (χ3n) is 3.93. The molecule has 0 saturated heterocycles. The molecule has 0 saturated carbocycles. The average Bonchev–Trinajstić information content (AvgIpc) is 2.71. The summed E-state index contributed by atoms with van der Waals surface area (Å²) in [7, 11) is 1.53. The number of nitrogens with zero attached hydrogens (tertiary/aromatic N) is 1. The van der Waals surface area contributed by atoms with E-state index in [1.807, 2.05) is 38.1 Å². The van der Waals surface area contributed by atoms with Gasteiger partial charge in [0.05, 0.1) is 6.61 Å². The van der Waals surface area contributed by atoms with E-state index in [2.05, 4.69) is 5.32 Å².